The largest absolute Gasteiger partial charge is 0.246 e. The van der Waals surface area contributed by atoms with E-state index in [0.29, 0.717) is 18.4 Å². The maximum absolute atomic E-state index is 8.57. The van der Waals surface area contributed by atoms with Gasteiger partial charge in [-0.1, -0.05) is 19.1 Å². The van der Waals surface area contributed by atoms with E-state index < -0.39 is 0 Å². The molecule has 0 N–H and O–H groups in total. The van der Waals surface area contributed by atoms with E-state index in [4.69, 9.17) is 5.26 Å². The van der Waals surface area contributed by atoms with Gasteiger partial charge in [0.1, 0.15) is 0 Å². The fourth-order valence-electron chi connectivity index (χ4n) is 1.28. The van der Waals surface area contributed by atoms with Crippen molar-refractivity contribution in [1.82, 2.24) is 15.0 Å². The Labute approximate surface area is 84.5 Å². The van der Waals surface area contributed by atoms with Gasteiger partial charge in [0.15, 0.2) is 0 Å². The molecule has 4 nitrogen and oxygen atoms in total. The quantitative estimate of drug-likeness (QED) is 0.734. The van der Waals surface area contributed by atoms with Crippen molar-refractivity contribution in [2.75, 3.05) is 0 Å². The van der Waals surface area contributed by atoms with Crippen LogP contribution < -0.4 is 0 Å². The van der Waals surface area contributed by atoms with Crippen molar-refractivity contribution in [2.24, 2.45) is 5.92 Å². The van der Waals surface area contributed by atoms with Gasteiger partial charge in [-0.05, 0) is 19.8 Å². The van der Waals surface area contributed by atoms with E-state index in [9.17, 15) is 0 Å². The first-order valence-corrected chi connectivity index (χ1v) is 4.85. The Hall–Kier alpha value is -1.37. The molecule has 0 saturated carbocycles. The van der Waals surface area contributed by atoms with Crippen molar-refractivity contribution in [1.29, 1.82) is 5.26 Å². The molecule has 0 aliphatic rings. The molecule has 0 amide bonds. The molecule has 0 aromatic carbocycles. The summed E-state index contributed by atoms with van der Waals surface area (Å²) in [6.45, 7) is 8.37. The summed E-state index contributed by atoms with van der Waals surface area (Å²) in [7, 11) is 0. The Bertz CT molecular complexity index is 345. The molecule has 1 atom stereocenters. The summed E-state index contributed by atoms with van der Waals surface area (Å²) in [6, 6.07) is 2.42. The van der Waals surface area contributed by atoms with Crippen LogP contribution in [0.3, 0.4) is 0 Å². The van der Waals surface area contributed by atoms with Crippen LogP contribution in [0.4, 0.5) is 0 Å². The van der Waals surface area contributed by atoms with Gasteiger partial charge >= 0.3 is 0 Å². The van der Waals surface area contributed by atoms with Crippen LogP contribution in [0, 0.1) is 24.2 Å². The lowest BCUT2D eigenvalue weighted by atomic mass is 10.1. The first-order chi connectivity index (χ1) is 6.57. The zero-order valence-corrected chi connectivity index (χ0v) is 9.15. The van der Waals surface area contributed by atoms with Crippen LogP contribution in [0.5, 0.6) is 0 Å². The zero-order valence-electron chi connectivity index (χ0n) is 9.15. The summed E-state index contributed by atoms with van der Waals surface area (Å²) in [6.07, 6.45) is 0.344. The Morgan fingerprint density at radius 2 is 2.07 bits per heavy atom. The molecule has 1 unspecified atom stereocenters. The van der Waals surface area contributed by atoms with Crippen molar-refractivity contribution >= 4 is 0 Å². The highest BCUT2D eigenvalue weighted by molar-refractivity contribution is 5.12. The lowest BCUT2D eigenvalue weighted by molar-refractivity contribution is 0.362. The maximum Gasteiger partial charge on any atom is 0.0996 e. The van der Waals surface area contributed by atoms with Gasteiger partial charge in [0, 0.05) is 0 Å². The minimum absolute atomic E-state index is 0.329. The Balaban J connectivity index is 2.95. The maximum atomic E-state index is 8.57. The van der Waals surface area contributed by atoms with Crippen LogP contribution in [0.15, 0.2) is 0 Å². The van der Waals surface area contributed by atoms with Crippen LogP contribution in [-0.2, 0) is 6.42 Å². The fraction of sp³-hybridized carbons (Fsp3) is 0.700. The van der Waals surface area contributed by atoms with Gasteiger partial charge in [0.25, 0.3) is 0 Å². The van der Waals surface area contributed by atoms with E-state index in [1.807, 2.05) is 11.6 Å². The second kappa shape index (κ2) is 4.23. The molecule has 0 saturated heterocycles. The number of rotatable bonds is 3. The monoisotopic (exact) mass is 192 g/mol. The molecule has 0 spiro atoms. The second-order valence-corrected chi connectivity index (χ2v) is 3.89. The molecule has 0 aliphatic heterocycles. The Morgan fingerprint density at radius 1 is 1.43 bits per heavy atom. The molecule has 4 heteroatoms. The number of hydrogen-bond acceptors (Lipinski definition) is 3. The molecule has 0 aliphatic carbocycles. The van der Waals surface area contributed by atoms with Crippen LogP contribution in [0.1, 0.15) is 38.2 Å². The van der Waals surface area contributed by atoms with Crippen LogP contribution >= 0.6 is 0 Å². The summed E-state index contributed by atoms with van der Waals surface area (Å²) in [5.41, 5.74) is 1.80. The van der Waals surface area contributed by atoms with Gasteiger partial charge in [-0.25, -0.2) is 4.68 Å². The molecule has 1 rings (SSSR count). The molecular weight excluding hydrogens is 176 g/mol. The normalized spacial score (nSPS) is 12.9. The SMILES string of the molecule is Cc1c(CC#N)nnn1C(C)C(C)C. The summed E-state index contributed by atoms with van der Waals surface area (Å²) in [4.78, 5) is 0. The Kier molecular flexibility index (Phi) is 3.23. The highest BCUT2D eigenvalue weighted by Gasteiger charge is 2.15. The molecule has 0 fully saturated rings. The van der Waals surface area contributed by atoms with Gasteiger partial charge in [-0.15, -0.1) is 5.10 Å². The van der Waals surface area contributed by atoms with Gasteiger partial charge in [0.05, 0.1) is 29.9 Å². The van der Waals surface area contributed by atoms with Crippen LogP contribution in [-0.4, -0.2) is 15.0 Å². The second-order valence-electron chi connectivity index (χ2n) is 3.89. The minimum Gasteiger partial charge on any atom is -0.246 e. The van der Waals surface area contributed by atoms with Gasteiger partial charge < -0.3 is 0 Å². The molecule has 1 heterocycles. The molecule has 0 bridgehead atoms. The number of nitriles is 1. The minimum atomic E-state index is 0.329. The molecular formula is C10H16N4. The first-order valence-electron chi connectivity index (χ1n) is 4.85. The van der Waals surface area contributed by atoms with E-state index in [-0.39, 0.29) is 0 Å². The lowest BCUT2D eigenvalue weighted by Gasteiger charge is -2.16. The lowest BCUT2D eigenvalue weighted by Crippen LogP contribution is -2.14. The van der Waals surface area contributed by atoms with Crippen molar-refractivity contribution in [3.05, 3.63) is 11.4 Å². The van der Waals surface area contributed by atoms with Crippen molar-refractivity contribution in [3.63, 3.8) is 0 Å². The van der Waals surface area contributed by atoms with E-state index in [1.165, 1.54) is 0 Å². The average molecular weight is 192 g/mol. The predicted molar refractivity (Wildman–Crippen MR) is 53.6 cm³/mol. The smallest absolute Gasteiger partial charge is 0.0996 e. The third-order valence-electron chi connectivity index (χ3n) is 2.62. The average Bonchev–Trinajstić information content (AvgIpc) is 2.48. The zero-order chi connectivity index (χ0) is 10.7. The number of nitrogens with zero attached hydrogens (tertiary/aromatic N) is 4. The predicted octanol–water partition coefficient (Wildman–Crippen LogP) is 1.87. The summed E-state index contributed by atoms with van der Waals surface area (Å²) >= 11 is 0. The van der Waals surface area contributed by atoms with Crippen molar-refractivity contribution < 1.29 is 0 Å². The van der Waals surface area contributed by atoms with E-state index in [1.54, 1.807) is 0 Å². The standard InChI is InChI=1S/C10H16N4/c1-7(2)8(3)14-9(4)10(5-6-11)12-13-14/h7-8H,5H2,1-4H3. The van der Waals surface area contributed by atoms with Crippen molar-refractivity contribution in [3.8, 4) is 6.07 Å². The van der Waals surface area contributed by atoms with Gasteiger partial charge in [0.2, 0.25) is 0 Å². The van der Waals surface area contributed by atoms with Crippen LogP contribution in [0.2, 0.25) is 0 Å². The number of aromatic nitrogens is 3. The third kappa shape index (κ3) is 1.92. The number of hydrogen-bond donors (Lipinski definition) is 0. The van der Waals surface area contributed by atoms with E-state index in [2.05, 4.69) is 37.2 Å². The van der Waals surface area contributed by atoms with E-state index in [0.717, 1.165) is 11.4 Å². The molecule has 1 aromatic heterocycles. The highest BCUT2D eigenvalue weighted by atomic mass is 15.4. The van der Waals surface area contributed by atoms with Gasteiger partial charge in [-0.3, -0.25) is 0 Å². The van der Waals surface area contributed by atoms with Gasteiger partial charge in [-0.2, -0.15) is 5.26 Å². The summed E-state index contributed by atoms with van der Waals surface area (Å²) in [5, 5.41) is 16.6. The van der Waals surface area contributed by atoms with Crippen molar-refractivity contribution in [2.45, 2.75) is 40.2 Å². The fourth-order valence-corrected chi connectivity index (χ4v) is 1.28. The highest BCUT2D eigenvalue weighted by Crippen LogP contribution is 2.18. The summed E-state index contributed by atoms with van der Waals surface area (Å²) in [5.74, 6) is 0.519. The molecule has 0 radical (unpaired) electrons. The topological polar surface area (TPSA) is 54.5 Å². The van der Waals surface area contributed by atoms with E-state index >= 15 is 0 Å². The molecule has 76 valence electrons. The molecule has 1 aromatic rings. The third-order valence-corrected chi connectivity index (χ3v) is 2.62. The molecule has 14 heavy (non-hydrogen) atoms. The summed E-state index contributed by atoms with van der Waals surface area (Å²) < 4.78 is 1.90. The Morgan fingerprint density at radius 3 is 2.57 bits per heavy atom. The first kappa shape index (κ1) is 10.7. The van der Waals surface area contributed by atoms with Crippen LogP contribution in [0.25, 0.3) is 0 Å².